The van der Waals surface area contributed by atoms with Crippen molar-refractivity contribution in [3.63, 3.8) is 0 Å². The molecule has 148 valence electrons. The fourth-order valence-electron chi connectivity index (χ4n) is 4.61. The number of rotatable bonds is 5. The molecule has 4 heteroatoms. The van der Waals surface area contributed by atoms with E-state index >= 15 is 0 Å². The summed E-state index contributed by atoms with van der Waals surface area (Å²) in [5.74, 6) is -0.189. The minimum atomic E-state index is -0.638. The topological polar surface area (TPSA) is 43.8 Å². The monoisotopic (exact) mass is 378 g/mol. The van der Waals surface area contributed by atoms with E-state index in [0.717, 1.165) is 45.6 Å². The molecule has 2 aliphatic heterocycles. The van der Waals surface area contributed by atoms with Crippen LogP contribution >= 0.6 is 0 Å². The zero-order valence-corrected chi connectivity index (χ0v) is 16.9. The summed E-state index contributed by atoms with van der Waals surface area (Å²) >= 11 is 0. The van der Waals surface area contributed by atoms with E-state index in [1.54, 1.807) is 0 Å². The van der Waals surface area contributed by atoms with Gasteiger partial charge >= 0.3 is 5.97 Å². The minimum Gasteiger partial charge on any atom is -0.481 e. The van der Waals surface area contributed by atoms with Crippen LogP contribution in [0.4, 0.5) is 5.69 Å². The minimum absolute atomic E-state index is 0.160. The van der Waals surface area contributed by atoms with Crippen LogP contribution in [-0.4, -0.2) is 42.2 Å². The van der Waals surface area contributed by atoms with Crippen molar-refractivity contribution in [3.05, 3.63) is 64.7 Å². The van der Waals surface area contributed by atoms with Crippen LogP contribution in [0.15, 0.2) is 42.5 Å². The molecule has 2 aliphatic rings. The Hall–Kier alpha value is -2.33. The lowest BCUT2D eigenvalue weighted by atomic mass is 9.86. The number of likely N-dealkylation sites (tertiary alicyclic amines) is 1. The van der Waals surface area contributed by atoms with Gasteiger partial charge in [-0.2, -0.15) is 0 Å². The van der Waals surface area contributed by atoms with Gasteiger partial charge in [-0.3, -0.25) is 9.69 Å². The highest BCUT2D eigenvalue weighted by atomic mass is 16.4. The summed E-state index contributed by atoms with van der Waals surface area (Å²) < 4.78 is 0. The number of para-hydroxylation sites is 1. The lowest BCUT2D eigenvalue weighted by Gasteiger charge is -2.42. The largest absolute Gasteiger partial charge is 0.481 e. The summed E-state index contributed by atoms with van der Waals surface area (Å²) in [4.78, 5) is 16.0. The van der Waals surface area contributed by atoms with Gasteiger partial charge in [0.05, 0.1) is 5.92 Å². The fraction of sp³-hybridized carbons (Fsp3) is 0.458. The molecule has 4 nitrogen and oxygen atoms in total. The number of carboxylic acids is 1. The molecule has 1 N–H and O–H groups in total. The third-order valence-electron chi connectivity index (χ3n) is 6.51. The van der Waals surface area contributed by atoms with E-state index in [1.165, 1.54) is 27.9 Å². The molecule has 0 aliphatic carbocycles. The Bertz CT molecular complexity index is 812. The maximum Gasteiger partial charge on any atom is 0.306 e. The van der Waals surface area contributed by atoms with E-state index in [1.807, 2.05) is 0 Å². The van der Waals surface area contributed by atoms with Gasteiger partial charge < -0.3 is 10.0 Å². The second kappa shape index (κ2) is 7.96. The normalized spacial score (nSPS) is 18.9. The number of aryl methyl sites for hydroxylation is 2. The maximum atomic E-state index is 11.2. The number of nitrogens with zero attached hydrogens (tertiary/aromatic N) is 2. The van der Waals surface area contributed by atoms with Crippen molar-refractivity contribution < 1.29 is 9.90 Å². The number of piperidine rings is 1. The lowest BCUT2D eigenvalue weighted by molar-refractivity contribution is -0.143. The molecule has 0 unspecified atom stereocenters. The Balaban J connectivity index is 1.38. The molecule has 4 rings (SSSR count). The number of aliphatic carboxylic acids is 1. The van der Waals surface area contributed by atoms with Crippen LogP contribution < -0.4 is 4.90 Å². The Morgan fingerprint density at radius 1 is 1.04 bits per heavy atom. The molecule has 0 atom stereocenters. The van der Waals surface area contributed by atoms with E-state index in [2.05, 4.69) is 66.1 Å². The first kappa shape index (κ1) is 19.0. The third-order valence-corrected chi connectivity index (χ3v) is 6.51. The molecule has 0 saturated carbocycles. The second-order valence-corrected chi connectivity index (χ2v) is 8.46. The van der Waals surface area contributed by atoms with Gasteiger partial charge in [-0.1, -0.05) is 30.3 Å². The van der Waals surface area contributed by atoms with Crippen molar-refractivity contribution in [2.45, 2.75) is 39.2 Å². The van der Waals surface area contributed by atoms with Crippen molar-refractivity contribution in [1.82, 2.24) is 4.90 Å². The van der Waals surface area contributed by atoms with Gasteiger partial charge in [0.15, 0.2) is 0 Å². The summed E-state index contributed by atoms with van der Waals surface area (Å²) in [7, 11) is 0. The molecule has 0 aromatic heterocycles. The first-order chi connectivity index (χ1) is 13.5. The first-order valence-electron chi connectivity index (χ1n) is 10.4. The highest BCUT2D eigenvalue weighted by Gasteiger charge is 2.29. The molecule has 2 heterocycles. The van der Waals surface area contributed by atoms with Crippen molar-refractivity contribution in [2.75, 3.05) is 31.1 Å². The van der Waals surface area contributed by atoms with Crippen molar-refractivity contribution in [1.29, 1.82) is 0 Å². The summed E-state index contributed by atoms with van der Waals surface area (Å²) in [5, 5.41) is 9.18. The molecule has 0 bridgehead atoms. The van der Waals surface area contributed by atoms with Crippen molar-refractivity contribution in [3.8, 4) is 0 Å². The number of carboxylic acid groups (broad SMARTS) is 1. The highest BCUT2D eigenvalue weighted by molar-refractivity contribution is 5.70. The van der Waals surface area contributed by atoms with E-state index < -0.39 is 5.97 Å². The van der Waals surface area contributed by atoms with Crippen LogP contribution in [0.1, 0.15) is 41.0 Å². The van der Waals surface area contributed by atoms with Gasteiger partial charge in [0.2, 0.25) is 0 Å². The Morgan fingerprint density at radius 3 is 2.21 bits per heavy atom. The molecule has 2 saturated heterocycles. The van der Waals surface area contributed by atoms with Crippen LogP contribution in [0.3, 0.4) is 0 Å². The van der Waals surface area contributed by atoms with Crippen LogP contribution in [0.2, 0.25) is 0 Å². The van der Waals surface area contributed by atoms with E-state index in [4.69, 9.17) is 0 Å². The summed E-state index contributed by atoms with van der Waals surface area (Å²) in [6, 6.07) is 15.4. The molecule has 2 aromatic rings. The standard InChI is InChI=1S/C24H30N2O2/c1-17-12-20(21-14-26(15-21)22-6-4-3-5-7-22)13-18(2)23(17)16-25-10-8-19(9-11-25)24(27)28/h3-7,12-13,19,21H,8-11,14-16H2,1-2H3,(H,27,28). The zero-order valence-electron chi connectivity index (χ0n) is 16.9. The number of hydrogen-bond donors (Lipinski definition) is 1. The third kappa shape index (κ3) is 3.93. The van der Waals surface area contributed by atoms with E-state index in [-0.39, 0.29) is 5.92 Å². The highest BCUT2D eigenvalue weighted by Crippen LogP contribution is 2.33. The predicted octanol–water partition coefficient (Wildman–Crippen LogP) is 4.20. The van der Waals surface area contributed by atoms with Gasteiger partial charge in [0, 0.05) is 31.2 Å². The molecule has 2 fully saturated rings. The van der Waals surface area contributed by atoms with Gasteiger partial charge in [0.25, 0.3) is 0 Å². The Labute approximate surface area is 167 Å². The van der Waals surface area contributed by atoms with Crippen LogP contribution in [-0.2, 0) is 11.3 Å². The SMILES string of the molecule is Cc1cc(C2CN(c3ccccc3)C2)cc(C)c1CN1CCC(C(=O)O)CC1. The molecular weight excluding hydrogens is 348 g/mol. The van der Waals surface area contributed by atoms with Crippen molar-refractivity contribution >= 4 is 11.7 Å². The average molecular weight is 379 g/mol. The number of hydrogen-bond acceptors (Lipinski definition) is 3. The number of anilines is 1. The molecular formula is C24H30N2O2. The molecule has 0 radical (unpaired) electrons. The molecule has 0 spiro atoms. The van der Waals surface area contributed by atoms with Gasteiger partial charge in [0.1, 0.15) is 0 Å². The Kier molecular flexibility index (Phi) is 5.40. The Morgan fingerprint density at radius 2 is 1.64 bits per heavy atom. The molecule has 28 heavy (non-hydrogen) atoms. The summed E-state index contributed by atoms with van der Waals surface area (Å²) in [6.07, 6.45) is 1.53. The quantitative estimate of drug-likeness (QED) is 0.847. The predicted molar refractivity (Wildman–Crippen MR) is 113 cm³/mol. The number of benzene rings is 2. The van der Waals surface area contributed by atoms with Crippen molar-refractivity contribution in [2.24, 2.45) is 5.92 Å². The maximum absolute atomic E-state index is 11.2. The van der Waals surface area contributed by atoms with Crippen LogP contribution in [0, 0.1) is 19.8 Å². The summed E-state index contributed by atoms with van der Waals surface area (Å²) in [5.41, 5.74) is 6.92. The van der Waals surface area contributed by atoms with Crippen LogP contribution in [0.25, 0.3) is 0 Å². The lowest BCUT2D eigenvalue weighted by Crippen LogP contribution is -2.45. The van der Waals surface area contributed by atoms with E-state index in [0.29, 0.717) is 5.92 Å². The van der Waals surface area contributed by atoms with Crippen LogP contribution in [0.5, 0.6) is 0 Å². The van der Waals surface area contributed by atoms with Gasteiger partial charge in [-0.05, 0) is 74.2 Å². The average Bonchev–Trinajstić information content (AvgIpc) is 2.65. The summed E-state index contributed by atoms with van der Waals surface area (Å²) in [6.45, 7) is 9.33. The zero-order chi connectivity index (χ0) is 19.7. The second-order valence-electron chi connectivity index (χ2n) is 8.46. The smallest absolute Gasteiger partial charge is 0.306 e. The van der Waals surface area contributed by atoms with E-state index in [9.17, 15) is 9.90 Å². The van der Waals surface area contributed by atoms with Gasteiger partial charge in [-0.15, -0.1) is 0 Å². The fourth-order valence-corrected chi connectivity index (χ4v) is 4.61. The first-order valence-corrected chi connectivity index (χ1v) is 10.4. The molecule has 0 amide bonds. The number of carbonyl (C=O) groups is 1. The van der Waals surface area contributed by atoms with Gasteiger partial charge in [-0.25, -0.2) is 0 Å². The molecule has 2 aromatic carbocycles.